The summed E-state index contributed by atoms with van der Waals surface area (Å²) >= 11 is 0. The van der Waals surface area contributed by atoms with Crippen LogP contribution in [0.3, 0.4) is 0 Å². The van der Waals surface area contributed by atoms with Crippen molar-refractivity contribution < 1.29 is 4.74 Å². The highest BCUT2D eigenvalue weighted by molar-refractivity contribution is 4.80. The number of ether oxygens (including phenoxy) is 1. The first-order chi connectivity index (χ1) is 6.83. The Bertz CT molecular complexity index is 225. The quantitative estimate of drug-likeness (QED) is 0.664. The van der Waals surface area contributed by atoms with E-state index in [2.05, 4.69) is 27.4 Å². The van der Waals surface area contributed by atoms with E-state index in [1.54, 1.807) is 7.11 Å². The fraction of sp³-hybridized carbons (Fsp3) is 0.778. The highest BCUT2D eigenvalue weighted by Gasteiger charge is 2.01. The minimum Gasteiger partial charge on any atom is -0.385 e. The third-order valence-electron chi connectivity index (χ3n) is 2.07. The molecule has 0 amide bonds. The summed E-state index contributed by atoms with van der Waals surface area (Å²) in [6.07, 6.45) is 3.45. The van der Waals surface area contributed by atoms with Gasteiger partial charge in [-0.2, -0.15) is 5.10 Å². The van der Waals surface area contributed by atoms with Crippen LogP contribution in [0.4, 0.5) is 0 Å². The van der Waals surface area contributed by atoms with Crippen LogP contribution in [-0.2, 0) is 11.2 Å². The van der Waals surface area contributed by atoms with Crippen molar-refractivity contribution in [3.63, 3.8) is 0 Å². The van der Waals surface area contributed by atoms with Gasteiger partial charge in [0, 0.05) is 32.7 Å². The Labute approximate surface area is 84.3 Å². The molecule has 1 rings (SSSR count). The Balaban J connectivity index is 2.03. The van der Waals surface area contributed by atoms with Crippen molar-refractivity contribution in [1.29, 1.82) is 0 Å². The summed E-state index contributed by atoms with van der Waals surface area (Å²) in [6.45, 7) is 3.87. The van der Waals surface area contributed by atoms with Gasteiger partial charge in [-0.15, -0.1) is 0 Å². The molecule has 0 saturated carbocycles. The summed E-state index contributed by atoms with van der Waals surface area (Å²) in [5.41, 5.74) is 0. The number of aromatic amines is 1. The van der Waals surface area contributed by atoms with Gasteiger partial charge in [-0.05, 0) is 13.3 Å². The van der Waals surface area contributed by atoms with Gasteiger partial charge in [-0.25, -0.2) is 4.98 Å². The third-order valence-corrected chi connectivity index (χ3v) is 2.07. The fourth-order valence-corrected chi connectivity index (χ4v) is 1.18. The molecular weight excluding hydrogens is 180 g/mol. The third kappa shape index (κ3) is 4.34. The number of nitrogens with one attached hydrogen (secondary N) is 2. The van der Waals surface area contributed by atoms with E-state index in [-0.39, 0.29) is 0 Å². The smallest absolute Gasteiger partial charge is 0.137 e. The predicted molar refractivity (Wildman–Crippen MR) is 54.0 cm³/mol. The topological polar surface area (TPSA) is 62.8 Å². The standard InChI is InChI=1S/C9H18N4O/c1-8(4-6-14-2)10-5-3-9-11-7-12-13-9/h7-8,10H,3-6H2,1-2H3,(H,11,12,13). The number of nitrogens with zero attached hydrogens (tertiary/aromatic N) is 2. The minimum absolute atomic E-state index is 0.484. The van der Waals surface area contributed by atoms with Crippen molar-refractivity contribution >= 4 is 0 Å². The number of aromatic nitrogens is 3. The second-order valence-corrected chi connectivity index (χ2v) is 3.32. The maximum Gasteiger partial charge on any atom is 0.137 e. The van der Waals surface area contributed by atoms with Crippen LogP contribution in [0.1, 0.15) is 19.2 Å². The highest BCUT2D eigenvalue weighted by Crippen LogP contribution is 1.92. The molecule has 1 atom stereocenters. The van der Waals surface area contributed by atoms with Gasteiger partial charge < -0.3 is 10.1 Å². The number of methoxy groups -OCH3 is 1. The monoisotopic (exact) mass is 198 g/mol. The van der Waals surface area contributed by atoms with Gasteiger partial charge >= 0.3 is 0 Å². The van der Waals surface area contributed by atoms with Crippen LogP contribution in [0.5, 0.6) is 0 Å². The molecule has 1 aromatic heterocycles. The lowest BCUT2D eigenvalue weighted by atomic mass is 10.2. The Morgan fingerprint density at radius 3 is 3.14 bits per heavy atom. The fourth-order valence-electron chi connectivity index (χ4n) is 1.18. The molecule has 14 heavy (non-hydrogen) atoms. The van der Waals surface area contributed by atoms with E-state index in [0.717, 1.165) is 31.8 Å². The van der Waals surface area contributed by atoms with Crippen LogP contribution in [0, 0.1) is 0 Å². The Morgan fingerprint density at radius 2 is 2.50 bits per heavy atom. The van der Waals surface area contributed by atoms with E-state index in [0.29, 0.717) is 6.04 Å². The van der Waals surface area contributed by atoms with Crippen molar-refractivity contribution in [3.05, 3.63) is 12.2 Å². The van der Waals surface area contributed by atoms with Crippen LogP contribution in [0.25, 0.3) is 0 Å². The van der Waals surface area contributed by atoms with Crippen LogP contribution >= 0.6 is 0 Å². The molecule has 1 unspecified atom stereocenters. The maximum absolute atomic E-state index is 5.00. The Hall–Kier alpha value is -0.940. The van der Waals surface area contributed by atoms with Gasteiger partial charge in [0.1, 0.15) is 12.2 Å². The van der Waals surface area contributed by atoms with Crippen molar-refractivity contribution in [2.45, 2.75) is 25.8 Å². The lowest BCUT2D eigenvalue weighted by Crippen LogP contribution is -2.29. The highest BCUT2D eigenvalue weighted by atomic mass is 16.5. The molecule has 0 aliphatic rings. The molecule has 0 radical (unpaired) electrons. The molecule has 1 aromatic rings. The number of hydrogen-bond acceptors (Lipinski definition) is 4. The summed E-state index contributed by atoms with van der Waals surface area (Å²) in [6, 6.07) is 0.484. The second-order valence-electron chi connectivity index (χ2n) is 3.32. The lowest BCUT2D eigenvalue weighted by Gasteiger charge is -2.11. The first-order valence-corrected chi connectivity index (χ1v) is 4.89. The van der Waals surface area contributed by atoms with Gasteiger partial charge in [0.2, 0.25) is 0 Å². The van der Waals surface area contributed by atoms with Gasteiger partial charge in [0.25, 0.3) is 0 Å². The van der Waals surface area contributed by atoms with Gasteiger partial charge in [0.05, 0.1) is 0 Å². The van der Waals surface area contributed by atoms with E-state index >= 15 is 0 Å². The zero-order chi connectivity index (χ0) is 10.2. The molecule has 80 valence electrons. The Morgan fingerprint density at radius 1 is 1.64 bits per heavy atom. The van der Waals surface area contributed by atoms with E-state index in [9.17, 15) is 0 Å². The number of hydrogen-bond donors (Lipinski definition) is 2. The van der Waals surface area contributed by atoms with Crippen molar-refractivity contribution in [1.82, 2.24) is 20.5 Å². The second kappa shape index (κ2) is 6.50. The largest absolute Gasteiger partial charge is 0.385 e. The minimum atomic E-state index is 0.484. The van der Waals surface area contributed by atoms with E-state index in [1.165, 1.54) is 6.33 Å². The SMILES string of the molecule is COCCC(C)NCCc1ncn[nH]1. The zero-order valence-corrected chi connectivity index (χ0v) is 8.79. The predicted octanol–water partition coefficient (Wildman–Crippen LogP) is 0.362. The molecule has 0 aliphatic heterocycles. The van der Waals surface area contributed by atoms with Gasteiger partial charge in [-0.1, -0.05) is 0 Å². The normalized spacial score (nSPS) is 13.0. The van der Waals surface area contributed by atoms with Crippen LogP contribution < -0.4 is 5.32 Å². The molecule has 5 nitrogen and oxygen atoms in total. The molecule has 0 saturated heterocycles. The first-order valence-electron chi connectivity index (χ1n) is 4.89. The van der Waals surface area contributed by atoms with Crippen molar-refractivity contribution in [2.75, 3.05) is 20.3 Å². The average molecular weight is 198 g/mol. The average Bonchev–Trinajstić information content (AvgIpc) is 2.67. The lowest BCUT2D eigenvalue weighted by molar-refractivity contribution is 0.185. The summed E-state index contributed by atoms with van der Waals surface area (Å²) in [5, 5.41) is 10.0. The van der Waals surface area contributed by atoms with Crippen molar-refractivity contribution in [3.8, 4) is 0 Å². The molecule has 0 aromatic carbocycles. The van der Waals surface area contributed by atoms with Crippen molar-refractivity contribution in [2.24, 2.45) is 0 Å². The first kappa shape index (κ1) is 11.1. The Kier molecular flexibility index (Phi) is 5.17. The van der Waals surface area contributed by atoms with Crippen LogP contribution in [0.15, 0.2) is 6.33 Å². The molecule has 0 fully saturated rings. The van der Waals surface area contributed by atoms with E-state index in [4.69, 9.17) is 4.74 Å². The maximum atomic E-state index is 5.00. The summed E-state index contributed by atoms with van der Waals surface area (Å²) < 4.78 is 5.00. The molecule has 0 spiro atoms. The van der Waals surface area contributed by atoms with Gasteiger partial charge in [-0.3, -0.25) is 5.10 Å². The number of rotatable bonds is 7. The summed E-state index contributed by atoms with van der Waals surface area (Å²) in [5.74, 6) is 0.927. The van der Waals surface area contributed by atoms with Crippen LogP contribution in [0.2, 0.25) is 0 Å². The molecular formula is C9H18N4O. The summed E-state index contributed by atoms with van der Waals surface area (Å²) in [7, 11) is 1.72. The summed E-state index contributed by atoms with van der Waals surface area (Å²) in [4.78, 5) is 4.04. The van der Waals surface area contributed by atoms with Gasteiger partial charge in [0.15, 0.2) is 0 Å². The molecule has 0 bridgehead atoms. The molecule has 2 N–H and O–H groups in total. The molecule has 5 heteroatoms. The zero-order valence-electron chi connectivity index (χ0n) is 8.79. The molecule has 1 heterocycles. The number of H-pyrrole nitrogens is 1. The molecule has 0 aliphatic carbocycles. The van der Waals surface area contributed by atoms with E-state index < -0.39 is 0 Å². The van der Waals surface area contributed by atoms with Crippen LogP contribution in [-0.4, -0.2) is 41.5 Å². The van der Waals surface area contributed by atoms with E-state index in [1.807, 2.05) is 0 Å².